The van der Waals surface area contributed by atoms with Crippen LogP contribution in [0.5, 0.6) is 11.5 Å². The molecule has 2 rings (SSSR count). The lowest BCUT2D eigenvalue weighted by Gasteiger charge is -2.29. The molecule has 1 heterocycles. The zero-order valence-electron chi connectivity index (χ0n) is 12.2. The van der Waals surface area contributed by atoms with Crippen molar-refractivity contribution >= 4 is 11.9 Å². The van der Waals surface area contributed by atoms with Gasteiger partial charge < -0.3 is 19.5 Å². The summed E-state index contributed by atoms with van der Waals surface area (Å²) in [6.07, 6.45) is 0.186. The Morgan fingerprint density at radius 3 is 2.29 bits per heavy atom. The van der Waals surface area contributed by atoms with Crippen molar-refractivity contribution in [3.8, 4) is 11.5 Å². The zero-order valence-corrected chi connectivity index (χ0v) is 12.2. The molecule has 1 aromatic carbocycles. The molecule has 0 aliphatic carbocycles. The summed E-state index contributed by atoms with van der Waals surface area (Å²) in [7, 11) is 3.07. The Balaban J connectivity index is 2.09. The monoisotopic (exact) mass is 293 g/mol. The highest BCUT2D eigenvalue weighted by Crippen LogP contribution is 2.30. The molecule has 1 aliphatic heterocycles. The lowest BCUT2D eigenvalue weighted by molar-refractivity contribution is 0.0821. The van der Waals surface area contributed by atoms with Gasteiger partial charge in [-0.2, -0.15) is 0 Å². The van der Waals surface area contributed by atoms with E-state index in [9.17, 15) is 9.59 Å². The number of piperidine rings is 1. The van der Waals surface area contributed by atoms with E-state index in [0.717, 1.165) is 0 Å². The third kappa shape index (κ3) is 3.26. The Bertz CT molecular complexity index is 535. The highest BCUT2D eigenvalue weighted by molar-refractivity contribution is 5.98. The Morgan fingerprint density at radius 2 is 1.76 bits per heavy atom. The van der Waals surface area contributed by atoms with Crippen molar-refractivity contribution in [1.82, 2.24) is 4.90 Å². The predicted octanol–water partition coefficient (Wildman–Crippen LogP) is 2.28. The third-order valence-corrected chi connectivity index (χ3v) is 3.80. The smallest absolute Gasteiger partial charge is 0.407 e. The number of carbonyl (C=O) groups excluding carboxylic acids is 1. The largest absolute Gasteiger partial charge is 0.493 e. The molecule has 1 saturated heterocycles. The molecule has 1 N–H and O–H groups in total. The van der Waals surface area contributed by atoms with Crippen LogP contribution in [0.1, 0.15) is 23.2 Å². The van der Waals surface area contributed by atoms with E-state index in [1.54, 1.807) is 25.3 Å². The highest BCUT2D eigenvalue weighted by atomic mass is 16.5. The fourth-order valence-electron chi connectivity index (χ4n) is 2.56. The SMILES string of the molecule is COc1ccc(C(=O)C2CCN(C(=O)O)CC2)cc1OC. The Kier molecular flexibility index (Phi) is 4.67. The summed E-state index contributed by atoms with van der Waals surface area (Å²) < 4.78 is 10.3. The molecule has 0 unspecified atom stereocenters. The first kappa shape index (κ1) is 15.2. The van der Waals surface area contributed by atoms with Crippen LogP contribution in [0.3, 0.4) is 0 Å². The fraction of sp³-hybridized carbons (Fsp3) is 0.467. The maximum Gasteiger partial charge on any atom is 0.407 e. The van der Waals surface area contributed by atoms with Crippen LogP contribution in [0.15, 0.2) is 18.2 Å². The van der Waals surface area contributed by atoms with Crippen molar-refractivity contribution in [2.45, 2.75) is 12.8 Å². The van der Waals surface area contributed by atoms with Gasteiger partial charge in [0.2, 0.25) is 0 Å². The number of carbonyl (C=O) groups is 2. The first-order valence-electron chi connectivity index (χ1n) is 6.81. The van der Waals surface area contributed by atoms with Crippen molar-refractivity contribution in [3.63, 3.8) is 0 Å². The third-order valence-electron chi connectivity index (χ3n) is 3.80. The molecule has 1 fully saturated rings. The minimum atomic E-state index is -0.924. The number of benzene rings is 1. The summed E-state index contributed by atoms with van der Waals surface area (Å²) in [4.78, 5) is 24.7. The zero-order chi connectivity index (χ0) is 15.4. The normalized spacial score (nSPS) is 15.6. The average Bonchev–Trinajstić information content (AvgIpc) is 2.53. The second kappa shape index (κ2) is 6.47. The molecular weight excluding hydrogens is 274 g/mol. The van der Waals surface area contributed by atoms with E-state index in [1.807, 2.05) is 0 Å². The molecule has 0 aromatic heterocycles. The second-order valence-electron chi connectivity index (χ2n) is 4.98. The molecular formula is C15H19NO5. The molecule has 1 aliphatic rings. The number of ether oxygens (including phenoxy) is 2. The van der Waals surface area contributed by atoms with Crippen molar-refractivity contribution in [3.05, 3.63) is 23.8 Å². The molecule has 6 heteroatoms. The van der Waals surface area contributed by atoms with Crippen LogP contribution in [0.25, 0.3) is 0 Å². The van der Waals surface area contributed by atoms with Gasteiger partial charge in [-0.1, -0.05) is 0 Å². The van der Waals surface area contributed by atoms with E-state index >= 15 is 0 Å². The van der Waals surface area contributed by atoms with Crippen LogP contribution >= 0.6 is 0 Å². The van der Waals surface area contributed by atoms with Crippen molar-refractivity contribution in [1.29, 1.82) is 0 Å². The lowest BCUT2D eigenvalue weighted by Crippen LogP contribution is -2.39. The summed E-state index contributed by atoms with van der Waals surface area (Å²) in [5.41, 5.74) is 0.571. The van der Waals surface area contributed by atoms with Crippen LogP contribution < -0.4 is 9.47 Å². The average molecular weight is 293 g/mol. The summed E-state index contributed by atoms with van der Waals surface area (Å²) in [6.45, 7) is 0.804. The van der Waals surface area contributed by atoms with E-state index in [1.165, 1.54) is 12.0 Å². The molecule has 1 aromatic rings. The number of rotatable bonds is 4. The lowest BCUT2D eigenvalue weighted by atomic mass is 9.89. The number of nitrogens with zero attached hydrogens (tertiary/aromatic N) is 1. The molecule has 0 radical (unpaired) electrons. The van der Waals surface area contributed by atoms with Gasteiger partial charge in [0.05, 0.1) is 14.2 Å². The molecule has 21 heavy (non-hydrogen) atoms. The number of hydrogen-bond acceptors (Lipinski definition) is 4. The molecule has 6 nitrogen and oxygen atoms in total. The summed E-state index contributed by atoms with van der Waals surface area (Å²) in [5.74, 6) is 0.987. The van der Waals surface area contributed by atoms with Crippen LogP contribution in [-0.2, 0) is 0 Å². The van der Waals surface area contributed by atoms with E-state index in [0.29, 0.717) is 43.0 Å². The van der Waals surface area contributed by atoms with E-state index in [2.05, 4.69) is 0 Å². The Hall–Kier alpha value is -2.24. The minimum Gasteiger partial charge on any atom is -0.493 e. The van der Waals surface area contributed by atoms with E-state index in [-0.39, 0.29) is 11.7 Å². The second-order valence-corrected chi connectivity index (χ2v) is 4.98. The van der Waals surface area contributed by atoms with Gasteiger partial charge in [0.1, 0.15) is 0 Å². The maximum atomic E-state index is 12.5. The number of Topliss-reactive ketones (excluding diaryl/α,β-unsaturated/α-hetero) is 1. The van der Waals surface area contributed by atoms with Gasteiger partial charge in [0.25, 0.3) is 0 Å². The van der Waals surface area contributed by atoms with Gasteiger partial charge in [-0.25, -0.2) is 4.79 Å². The molecule has 0 saturated carbocycles. The number of carboxylic acid groups (broad SMARTS) is 1. The standard InChI is InChI=1S/C15H19NO5/c1-20-12-4-3-11(9-13(12)21-2)14(17)10-5-7-16(8-6-10)15(18)19/h3-4,9-10H,5-8H2,1-2H3,(H,18,19). The Labute approximate surface area is 123 Å². The Morgan fingerprint density at radius 1 is 1.14 bits per heavy atom. The number of methoxy groups -OCH3 is 2. The number of ketones is 1. The van der Waals surface area contributed by atoms with Gasteiger partial charge in [-0.3, -0.25) is 4.79 Å². The molecule has 0 bridgehead atoms. The topological polar surface area (TPSA) is 76.1 Å². The van der Waals surface area contributed by atoms with Crippen molar-refractivity contribution < 1.29 is 24.2 Å². The maximum absolute atomic E-state index is 12.5. The predicted molar refractivity (Wildman–Crippen MR) is 76.2 cm³/mol. The van der Waals surface area contributed by atoms with Gasteiger partial charge in [0.15, 0.2) is 17.3 Å². The fourth-order valence-corrected chi connectivity index (χ4v) is 2.56. The highest BCUT2D eigenvalue weighted by Gasteiger charge is 2.28. The number of hydrogen-bond donors (Lipinski definition) is 1. The first-order valence-corrected chi connectivity index (χ1v) is 6.81. The molecule has 0 spiro atoms. The van der Waals surface area contributed by atoms with Gasteiger partial charge in [0, 0.05) is 24.6 Å². The molecule has 114 valence electrons. The number of amides is 1. The van der Waals surface area contributed by atoms with Crippen LogP contribution in [0.2, 0.25) is 0 Å². The van der Waals surface area contributed by atoms with Gasteiger partial charge >= 0.3 is 6.09 Å². The van der Waals surface area contributed by atoms with Crippen molar-refractivity contribution in [2.75, 3.05) is 27.3 Å². The summed E-state index contributed by atoms with van der Waals surface area (Å²) in [6, 6.07) is 5.09. The van der Waals surface area contributed by atoms with E-state index in [4.69, 9.17) is 14.6 Å². The summed E-state index contributed by atoms with van der Waals surface area (Å²) >= 11 is 0. The van der Waals surface area contributed by atoms with Gasteiger partial charge in [-0.05, 0) is 31.0 Å². The minimum absolute atomic E-state index is 0.0287. The van der Waals surface area contributed by atoms with Crippen LogP contribution in [0, 0.1) is 5.92 Å². The van der Waals surface area contributed by atoms with Crippen LogP contribution in [0.4, 0.5) is 4.79 Å². The molecule has 1 amide bonds. The van der Waals surface area contributed by atoms with E-state index < -0.39 is 6.09 Å². The van der Waals surface area contributed by atoms with Gasteiger partial charge in [-0.15, -0.1) is 0 Å². The molecule has 0 atom stereocenters. The van der Waals surface area contributed by atoms with Crippen LogP contribution in [-0.4, -0.2) is 49.2 Å². The summed E-state index contributed by atoms with van der Waals surface area (Å²) in [5, 5.41) is 8.92. The van der Waals surface area contributed by atoms with Crippen molar-refractivity contribution in [2.24, 2.45) is 5.92 Å². The first-order chi connectivity index (χ1) is 10.1. The quantitative estimate of drug-likeness (QED) is 0.862. The number of likely N-dealkylation sites (tertiary alicyclic amines) is 1.